The second-order valence-electron chi connectivity index (χ2n) is 8.02. The van der Waals surface area contributed by atoms with Gasteiger partial charge in [-0.1, -0.05) is 12.1 Å². The van der Waals surface area contributed by atoms with Crippen LogP contribution in [0.3, 0.4) is 0 Å². The lowest BCUT2D eigenvalue weighted by atomic mass is 10.1. The smallest absolute Gasteiger partial charge is 0.269 e. The molecule has 2 aliphatic rings. The Morgan fingerprint density at radius 2 is 1.77 bits per heavy atom. The summed E-state index contributed by atoms with van der Waals surface area (Å²) in [5.74, 6) is 0.00847. The van der Waals surface area contributed by atoms with E-state index in [2.05, 4.69) is 20.2 Å². The number of pyridine rings is 2. The number of piperidine rings is 1. The van der Waals surface area contributed by atoms with Gasteiger partial charge in [0, 0.05) is 56.7 Å². The van der Waals surface area contributed by atoms with Crippen molar-refractivity contribution in [1.29, 1.82) is 0 Å². The van der Waals surface area contributed by atoms with E-state index in [1.54, 1.807) is 25.5 Å². The average Bonchev–Trinajstić information content (AvgIpc) is 2.84. The number of likely N-dealkylation sites (tertiary alicyclic amines) is 1. The van der Waals surface area contributed by atoms with Crippen LogP contribution >= 0.6 is 0 Å². The van der Waals surface area contributed by atoms with E-state index in [1.807, 2.05) is 23.1 Å². The van der Waals surface area contributed by atoms with Gasteiger partial charge in [0.05, 0.1) is 18.8 Å². The number of hydrogen-bond acceptors (Lipinski definition) is 6. The molecule has 1 unspecified atom stereocenters. The molecule has 8 heteroatoms. The summed E-state index contributed by atoms with van der Waals surface area (Å²) in [6.07, 6.45) is 6.76. The van der Waals surface area contributed by atoms with Crippen molar-refractivity contribution < 1.29 is 14.3 Å². The van der Waals surface area contributed by atoms with Crippen LogP contribution in [0.1, 0.15) is 41.5 Å². The normalized spacial score (nSPS) is 19.8. The van der Waals surface area contributed by atoms with Crippen LogP contribution in [0.5, 0.6) is 0 Å². The van der Waals surface area contributed by atoms with Gasteiger partial charge < -0.3 is 15.0 Å². The van der Waals surface area contributed by atoms with Crippen molar-refractivity contribution in [1.82, 2.24) is 25.1 Å². The molecule has 0 aliphatic carbocycles. The van der Waals surface area contributed by atoms with Crippen molar-refractivity contribution in [3.8, 4) is 11.1 Å². The van der Waals surface area contributed by atoms with Crippen LogP contribution < -0.4 is 5.32 Å². The summed E-state index contributed by atoms with van der Waals surface area (Å²) in [7, 11) is 1.58. The molecule has 164 valence electrons. The van der Waals surface area contributed by atoms with Crippen LogP contribution in [0.25, 0.3) is 11.1 Å². The molecule has 31 heavy (non-hydrogen) atoms. The zero-order valence-corrected chi connectivity index (χ0v) is 17.9. The number of hydrogen-bond donors (Lipinski definition) is 1. The predicted molar refractivity (Wildman–Crippen MR) is 116 cm³/mol. The number of rotatable bonds is 5. The third-order valence-corrected chi connectivity index (χ3v) is 5.89. The van der Waals surface area contributed by atoms with Crippen molar-refractivity contribution in [2.75, 3.05) is 46.4 Å². The summed E-state index contributed by atoms with van der Waals surface area (Å²) < 4.78 is 5.94. The molecule has 0 spiro atoms. The SMILES string of the molecule is CNC(=O)c1ccc(-c2ccc(C3CN(CC(=O)N4CCCCC4)CCO3)nc2)cn1. The first-order chi connectivity index (χ1) is 15.1. The van der Waals surface area contributed by atoms with Gasteiger partial charge in [-0.2, -0.15) is 0 Å². The molecule has 1 atom stereocenters. The standard InChI is InChI=1S/C23H29N5O3/c1-24-23(30)20-8-6-18(14-26-20)17-5-7-19(25-13-17)21-15-27(11-12-31-21)16-22(29)28-9-3-2-4-10-28/h5-8,13-14,21H,2-4,9-12,15-16H2,1H3,(H,24,30). The molecule has 2 aromatic rings. The Morgan fingerprint density at radius 1 is 1.03 bits per heavy atom. The molecule has 2 amide bonds. The molecular weight excluding hydrogens is 394 g/mol. The number of ether oxygens (including phenoxy) is 1. The Hall–Kier alpha value is -2.84. The van der Waals surface area contributed by atoms with Gasteiger partial charge in [0.1, 0.15) is 11.8 Å². The van der Waals surface area contributed by atoms with E-state index in [0.29, 0.717) is 25.4 Å². The van der Waals surface area contributed by atoms with Crippen molar-refractivity contribution in [2.45, 2.75) is 25.4 Å². The van der Waals surface area contributed by atoms with E-state index < -0.39 is 0 Å². The fourth-order valence-corrected chi connectivity index (χ4v) is 4.05. The Balaban J connectivity index is 1.37. The number of amides is 2. The minimum atomic E-state index is -0.210. The van der Waals surface area contributed by atoms with Crippen LogP contribution in [-0.4, -0.2) is 78.0 Å². The highest BCUT2D eigenvalue weighted by molar-refractivity contribution is 5.92. The second-order valence-corrected chi connectivity index (χ2v) is 8.02. The molecular formula is C23H29N5O3. The van der Waals surface area contributed by atoms with Crippen LogP contribution in [0.4, 0.5) is 0 Å². The summed E-state index contributed by atoms with van der Waals surface area (Å²) in [5.41, 5.74) is 3.05. The monoisotopic (exact) mass is 423 g/mol. The van der Waals surface area contributed by atoms with Crippen LogP contribution in [0.15, 0.2) is 36.7 Å². The molecule has 4 heterocycles. The Kier molecular flexibility index (Phi) is 6.89. The molecule has 0 saturated carbocycles. The van der Waals surface area contributed by atoms with E-state index in [1.165, 1.54) is 6.42 Å². The number of morpholine rings is 1. The second kappa shape index (κ2) is 9.98. The lowest BCUT2D eigenvalue weighted by molar-refractivity contribution is -0.135. The van der Waals surface area contributed by atoms with Gasteiger partial charge in [0.15, 0.2) is 0 Å². The van der Waals surface area contributed by atoms with Crippen LogP contribution in [0, 0.1) is 0 Å². The van der Waals surface area contributed by atoms with Gasteiger partial charge >= 0.3 is 0 Å². The van der Waals surface area contributed by atoms with Crippen molar-refractivity contribution in [2.24, 2.45) is 0 Å². The Morgan fingerprint density at radius 3 is 2.42 bits per heavy atom. The quantitative estimate of drug-likeness (QED) is 0.790. The van der Waals surface area contributed by atoms with Gasteiger partial charge in [-0.25, -0.2) is 0 Å². The Bertz CT molecular complexity index is 894. The fraction of sp³-hybridized carbons (Fsp3) is 0.478. The third kappa shape index (κ3) is 5.26. The maximum Gasteiger partial charge on any atom is 0.269 e. The number of carbonyl (C=O) groups excluding carboxylic acids is 2. The van der Waals surface area contributed by atoms with Gasteiger partial charge in [-0.3, -0.25) is 24.5 Å². The minimum absolute atomic E-state index is 0.147. The lowest BCUT2D eigenvalue weighted by Crippen LogP contribution is -2.46. The molecule has 0 bridgehead atoms. The molecule has 4 rings (SSSR count). The molecule has 2 aliphatic heterocycles. The molecule has 2 saturated heterocycles. The molecule has 2 aromatic heterocycles. The molecule has 0 aromatic carbocycles. The number of aromatic nitrogens is 2. The first-order valence-electron chi connectivity index (χ1n) is 10.9. The summed E-state index contributed by atoms with van der Waals surface area (Å²) in [4.78, 5) is 37.2. The summed E-state index contributed by atoms with van der Waals surface area (Å²) in [6, 6.07) is 7.51. The first kappa shape index (κ1) is 21.4. The maximum atomic E-state index is 12.6. The highest BCUT2D eigenvalue weighted by Crippen LogP contribution is 2.24. The first-order valence-corrected chi connectivity index (χ1v) is 10.9. The molecule has 8 nitrogen and oxygen atoms in total. The maximum absolute atomic E-state index is 12.6. The minimum Gasteiger partial charge on any atom is -0.369 e. The number of carbonyl (C=O) groups is 2. The molecule has 1 N–H and O–H groups in total. The van der Waals surface area contributed by atoms with E-state index in [-0.39, 0.29) is 17.9 Å². The van der Waals surface area contributed by atoms with Gasteiger partial charge in [-0.05, 0) is 31.4 Å². The Labute approximate surface area is 182 Å². The lowest BCUT2D eigenvalue weighted by Gasteiger charge is -2.34. The summed E-state index contributed by atoms with van der Waals surface area (Å²) >= 11 is 0. The third-order valence-electron chi connectivity index (χ3n) is 5.89. The zero-order chi connectivity index (χ0) is 21.6. The van der Waals surface area contributed by atoms with Crippen LogP contribution in [-0.2, 0) is 9.53 Å². The van der Waals surface area contributed by atoms with Crippen molar-refractivity contribution >= 4 is 11.8 Å². The largest absolute Gasteiger partial charge is 0.369 e. The van der Waals surface area contributed by atoms with Gasteiger partial charge in [-0.15, -0.1) is 0 Å². The highest BCUT2D eigenvalue weighted by atomic mass is 16.5. The predicted octanol–water partition coefficient (Wildman–Crippen LogP) is 1.89. The van der Waals surface area contributed by atoms with Crippen molar-refractivity contribution in [3.05, 3.63) is 48.0 Å². The van der Waals surface area contributed by atoms with E-state index >= 15 is 0 Å². The van der Waals surface area contributed by atoms with Crippen LogP contribution in [0.2, 0.25) is 0 Å². The van der Waals surface area contributed by atoms with E-state index in [9.17, 15) is 9.59 Å². The van der Waals surface area contributed by atoms with Gasteiger partial charge in [0.2, 0.25) is 5.91 Å². The topological polar surface area (TPSA) is 87.7 Å². The van der Waals surface area contributed by atoms with Crippen molar-refractivity contribution in [3.63, 3.8) is 0 Å². The summed E-state index contributed by atoms with van der Waals surface area (Å²) in [5, 5.41) is 2.56. The number of nitrogens with zero attached hydrogens (tertiary/aromatic N) is 4. The number of nitrogens with one attached hydrogen (secondary N) is 1. The highest BCUT2D eigenvalue weighted by Gasteiger charge is 2.26. The average molecular weight is 424 g/mol. The zero-order valence-electron chi connectivity index (χ0n) is 17.9. The molecule has 0 radical (unpaired) electrons. The molecule has 2 fully saturated rings. The van der Waals surface area contributed by atoms with E-state index in [4.69, 9.17) is 4.74 Å². The fourth-order valence-electron chi connectivity index (χ4n) is 4.05. The van der Waals surface area contributed by atoms with Gasteiger partial charge in [0.25, 0.3) is 5.91 Å². The summed E-state index contributed by atoms with van der Waals surface area (Å²) in [6.45, 7) is 4.22. The van der Waals surface area contributed by atoms with E-state index in [0.717, 1.165) is 49.3 Å².